The Kier molecular flexibility index (Phi) is 54.1. The van der Waals surface area contributed by atoms with E-state index in [-0.39, 0.29) is 18.5 Å². The Hall–Kier alpha value is -1.92. The number of hydrogen-bond donors (Lipinski definition) is 3. The fourth-order valence-electron chi connectivity index (χ4n) is 8.91. The van der Waals surface area contributed by atoms with Crippen LogP contribution in [-0.2, 0) is 14.3 Å². The van der Waals surface area contributed by atoms with Crippen molar-refractivity contribution in [2.75, 3.05) is 13.2 Å². The van der Waals surface area contributed by atoms with Crippen LogP contribution in [0.3, 0.4) is 0 Å². The summed E-state index contributed by atoms with van der Waals surface area (Å²) in [5.74, 6) is -0.0687. The molecule has 0 fully saturated rings. The second-order valence-corrected chi connectivity index (χ2v) is 20.0. The minimum Gasteiger partial charge on any atom is -0.466 e. The molecule has 0 saturated carbocycles. The Balaban J connectivity index is 3.48. The van der Waals surface area contributed by atoms with Gasteiger partial charge in [-0.05, 0) is 77.0 Å². The lowest BCUT2D eigenvalue weighted by Gasteiger charge is -2.22. The number of carbonyl (C=O) groups is 2. The maximum Gasteiger partial charge on any atom is 0.305 e. The van der Waals surface area contributed by atoms with Gasteiger partial charge in [-0.2, -0.15) is 0 Å². The highest BCUT2D eigenvalue weighted by molar-refractivity contribution is 5.76. The molecule has 0 rings (SSSR count). The van der Waals surface area contributed by atoms with E-state index in [0.717, 1.165) is 70.6 Å². The number of ether oxygens (including phenoxy) is 1. The molecule has 0 saturated heterocycles. The van der Waals surface area contributed by atoms with Gasteiger partial charge < -0.3 is 20.3 Å². The normalized spacial score (nSPS) is 12.8. The number of rotatable bonds is 54. The summed E-state index contributed by atoms with van der Waals surface area (Å²) in [5.41, 5.74) is 0. The van der Waals surface area contributed by atoms with Crippen LogP contribution in [0.25, 0.3) is 0 Å². The van der Waals surface area contributed by atoms with E-state index in [1.54, 1.807) is 0 Å². The molecule has 0 aliphatic carbocycles. The van der Waals surface area contributed by atoms with E-state index in [1.807, 2.05) is 0 Å². The summed E-state index contributed by atoms with van der Waals surface area (Å²) in [4.78, 5) is 24.5. The first-order chi connectivity index (χ1) is 32.5. The van der Waals surface area contributed by atoms with Gasteiger partial charge >= 0.3 is 5.97 Å². The lowest BCUT2D eigenvalue weighted by atomic mass is 10.0. The SMILES string of the molecule is CCC/C=C\C/C=C\CCCCCCCC(=O)OCCCCCCCCC/C=C\CCCCCCCC(=O)NC(CO)C(O)CCCCCCCCCCCCCCCCCCCCCC. The van der Waals surface area contributed by atoms with Crippen LogP contribution in [0.5, 0.6) is 0 Å². The molecule has 0 aromatic rings. The average Bonchev–Trinajstić information content (AvgIpc) is 3.32. The van der Waals surface area contributed by atoms with Crippen molar-refractivity contribution in [2.24, 2.45) is 0 Å². The predicted molar refractivity (Wildman–Crippen MR) is 287 cm³/mol. The molecule has 0 spiro atoms. The zero-order valence-electron chi connectivity index (χ0n) is 44.2. The highest BCUT2D eigenvalue weighted by Gasteiger charge is 2.20. The number of amides is 1. The number of aliphatic hydroxyl groups is 2. The molecule has 0 heterocycles. The summed E-state index contributed by atoms with van der Waals surface area (Å²) in [6.45, 7) is 4.87. The second-order valence-electron chi connectivity index (χ2n) is 20.0. The van der Waals surface area contributed by atoms with Crippen LogP contribution < -0.4 is 5.32 Å². The van der Waals surface area contributed by atoms with Crippen LogP contribution in [0.4, 0.5) is 0 Å². The summed E-state index contributed by atoms with van der Waals surface area (Å²) in [5, 5.41) is 23.3. The molecule has 6 nitrogen and oxygen atoms in total. The third kappa shape index (κ3) is 51.5. The van der Waals surface area contributed by atoms with E-state index in [1.165, 1.54) is 205 Å². The largest absolute Gasteiger partial charge is 0.466 e. The number of hydrogen-bond acceptors (Lipinski definition) is 5. The molecule has 3 N–H and O–H groups in total. The number of unbranched alkanes of at least 4 members (excludes halogenated alkanes) is 37. The lowest BCUT2D eigenvalue weighted by molar-refractivity contribution is -0.143. The van der Waals surface area contributed by atoms with Gasteiger partial charge in [0.1, 0.15) is 0 Å². The smallest absolute Gasteiger partial charge is 0.305 e. The third-order valence-electron chi connectivity index (χ3n) is 13.4. The number of allylic oxidation sites excluding steroid dienone is 6. The van der Waals surface area contributed by atoms with E-state index in [0.29, 0.717) is 25.9 Å². The second kappa shape index (κ2) is 55.7. The van der Waals surface area contributed by atoms with Crippen molar-refractivity contribution >= 4 is 11.9 Å². The van der Waals surface area contributed by atoms with E-state index in [4.69, 9.17) is 4.74 Å². The Morgan fingerprint density at radius 1 is 0.424 bits per heavy atom. The third-order valence-corrected chi connectivity index (χ3v) is 13.4. The summed E-state index contributed by atoms with van der Waals surface area (Å²) in [7, 11) is 0. The first-order valence-corrected chi connectivity index (χ1v) is 29.2. The molecular formula is C60H113NO5. The Morgan fingerprint density at radius 3 is 1.23 bits per heavy atom. The Morgan fingerprint density at radius 2 is 0.788 bits per heavy atom. The monoisotopic (exact) mass is 928 g/mol. The number of esters is 1. The maximum absolute atomic E-state index is 12.5. The van der Waals surface area contributed by atoms with Gasteiger partial charge in [-0.15, -0.1) is 0 Å². The lowest BCUT2D eigenvalue weighted by Crippen LogP contribution is -2.45. The van der Waals surface area contributed by atoms with Gasteiger partial charge in [0.25, 0.3) is 0 Å². The van der Waals surface area contributed by atoms with Crippen LogP contribution in [0.15, 0.2) is 36.5 Å². The highest BCUT2D eigenvalue weighted by Crippen LogP contribution is 2.17. The molecule has 6 heteroatoms. The van der Waals surface area contributed by atoms with Crippen LogP contribution >= 0.6 is 0 Å². The molecule has 2 atom stereocenters. The van der Waals surface area contributed by atoms with E-state index >= 15 is 0 Å². The van der Waals surface area contributed by atoms with Gasteiger partial charge in [0.15, 0.2) is 0 Å². The molecule has 1 amide bonds. The molecule has 0 radical (unpaired) electrons. The molecule has 0 aromatic carbocycles. The quantitative estimate of drug-likeness (QED) is 0.0321. The van der Waals surface area contributed by atoms with Crippen LogP contribution in [-0.4, -0.2) is 47.4 Å². The zero-order valence-corrected chi connectivity index (χ0v) is 44.2. The van der Waals surface area contributed by atoms with Gasteiger partial charge in [0.05, 0.1) is 25.4 Å². The van der Waals surface area contributed by atoms with E-state index < -0.39 is 12.1 Å². The number of nitrogens with one attached hydrogen (secondary N) is 1. The summed E-state index contributed by atoms with van der Waals surface area (Å²) in [6, 6.07) is -0.555. The van der Waals surface area contributed by atoms with Crippen molar-refractivity contribution in [1.29, 1.82) is 0 Å². The van der Waals surface area contributed by atoms with Crippen molar-refractivity contribution in [3.63, 3.8) is 0 Å². The zero-order chi connectivity index (χ0) is 47.9. The molecule has 0 bridgehead atoms. The minimum absolute atomic E-state index is 0.0180. The molecule has 2 unspecified atom stereocenters. The summed E-state index contributed by atoms with van der Waals surface area (Å²) >= 11 is 0. The van der Waals surface area contributed by atoms with E-state index in [9.17, 15) is 19.8 Å². The Bertz CT molecular complexity index is 1070. The van der Waals surface area contributed by atoms with Crippen molar-refractivity contribution < 1.29 is 24.5 Å². The van der Waals surface area contributed by atoms with Crippen molar-refractivity contribution in [1.82, 2.24) is 5.32 Å². The topological polar surface area (TPSA) is 95.9 Å². The summed E-state index contributed by atoms with van der Waals surface area (Å²) < 4.78 is 5.45. The molecule has 0 aliphatic heterocycles. The molecule has 0 aliphatic rings. The number of carbonyl (C=O) groups excluding carboxylic acids is 2. The molecule has 66 heavy (non-hydrogen) atoms. The van der Waals surface area contributed by atoms with Crippen molar-refractivity contribution in [3.8, 4) is 0 Å². The summed E-state index contributed by atoms with van der Waals surface area (Å²) in [6.07, 6.45) is 68.5. The van der Waals surface area contributed by atoms with E-state index in [2.05, 4.69) is 55.6 Å². The number of aliphatic hydroxyl groups excluding tert-OH is 2. The predicted octanol–water partition coefficient (Wildman–Crippen LogP) is 18.0. The minimum atomic E-state index is -0.676. The average molecular weight is 929 g/mol. The van der Waals surface area contributed by atoms with Crippen LogP contribution in [0.1, 0.15) is 309 Å². The van der Waals surface area contributed by atoms with Crippen molar-refractivity contribution in [3.05, 3.63) is 36.5 Å². The van der Waals surface area contributed by atoms with Crippen LogP contribution in [0, 0.1) is 0 Å². The molecular weight excluding hydrogens is 815 g/mol. The van der Waals surface area contributed by atoms with Gasteiger partial charge in [0, 0.05) is 12.8 Å². The fraction of sp³-hybridized carbons (Fsp3) is 0.867. The van der Waals surface area contributed by atoms with Gasteiger partial charge in [-0.3, -0.25) is 9.59 Å². The van der Waals surface area contributed by atoms with Gasteiger partial charge in [-0.25, -0.2) is 0 Å². The molecule has 388 valence electrons. The van der Waals surface area contributed by atoms with Crippen LogP contribution in [0.2, 0.25) is 0 Å². The first kappa shape index (κ1) is 64.1. The molecule has 0 aromatic heterocycles. The van der Waals surface area contributed by atoms with Crippen molar-refractivity contribution in [2.45, 2.75) is 321 Å². The fourth-order valence-corrected chi connectivity index (χ4v) is 8.91. The van der Waals surface area contributed by atoms with Gasteiger partial charge in [-0.1, -0.05) is 256 Å². The first-order valence-electron chi connectivity index (χ1n) is 29.2. The Labute approximate surface area is 411 Å². The maximum atomic E-state index is 12.5. The standard InChI is InChI=1S/C60H113NO5/c1-3-5-7-9-11-13-15-17-18-19-20-21-22-25-29-32-36-40-44-48-52-58(63)57(56-62)61-59(64)53-49-45-41-37-33-30-26-23-24-27-31-35-39-43-47-51-55-66-60(65)54-50-46-42-38-34-28-16-14-12-10-8-6-4-2/h8,10,14,16,23,26,57-58,62-63H,3-7,9,11-13,15,17-22,24-25,27-56H2,1-2H3,(H,61,64)/b10-8-,16-14-,26-23-. The van der Waals surface area contributed by atoms with Gasteiger partial charge in [0.2, 0.25) is 5.91 Å². The highest BCUT2D eigenvalue weighted by atomic mass is 16.5.